The molecule has 0 saturated carbocycles. The molecule has 0 atom stereocenters. The Morgan fingerprint density at radius 1 is 0.979 bits per heavy atom. The number of halogens is 2. The summed E-state index contributed by atoms with van der Waals surface area (Å²) in [5, 5.41) is 5.23. The van der Waals surface area contributed by atoms with Crippen LogP contribution in [0.5, 0.6) is 5.75 Å². The lowest BCUT2D eigenvalue weighted by atomic mass is 10.1. The van der Waals surface area contributed by atoms with Crippen LogP contribution in [-0.4, -0.2) is 114 Å². The first-order chi connectivity index (χ1) is 23.0. The SMILES string of the molecule is CCN1CCN(S(=O)(=O)c2cc(Cl)c(-n3nc(C(C)C)c4c(=O)[nH]c(Cc5ccc(OCCN6CCOCC6)cc5)nc43)c(Cl)c2)CC1. The Hall–Kier alpha value is -3.04. The number of likely N-dealkylation sites (N-methyl/N-ethyl adjacent to an activating group) is 1. The van der Waals surface area contributed by atoms with Crippen molar-refractivity contribution in [2.45, 2.75) is 38.0 Å². The second-order valence-corrected chi connectivity index (χ2v) is 15.1. The number of H-pyrrole nitrogens is 1. The second kappa shape index (κ2) is 14.8. The third-order valence-corrected chi connectivity index (χ3v) is 11.3. The molecule has 2 fully saturated rings. The van der Waals surface area contributed by atoms with Crippen LogP contribution in [0.2, 0.25) is 10.0 Å². The number of ether oxygens (including phenoxy) is 2. The van der Waals surface area contributed by atoms with Gasteiger partial charge in [-0.15, -0.1) is 0 Å². The van der Waals surface area contributed by atoms with Gasteiger partial charge in [-0.25, -0.2) is 18.1 Å². The fourth-order valence-electron chi connectivity index (χ4n) is 6.08. The highest BCUT2D eigenvalue weighted by atomic mass is 35.5. The van der Waals surface area contributed by atoms with Crippen molar-refractivity contribution in [2.75, 3.05) is 72.2 Å². The van der Waals surface area contributed by atoms with Gasteiger partial charge in [0, 0.05) is 52.2 Å². The number of hydrogen-bond acceptors (Lipinski definition) is 9. The molecule has 0 amide bonds. The fourth-order valence-corrected chi connectivity index (χ4v) is 8.34. The summed E-state index contributed by atoms with van der Waals surface area (Å²) >= 11 is 13.6. The van der Waals surface area contributed by atoms with E-state index < -0.39 is 10.0 Å². The lowest BCUT2D eigenvalue weighted by Crippen LogP contribution is -2.48. The van der Waals surface area contributed by atoms with Gasteiger partial charge in [0.25, 0.3) is 5.56 Å². The topological polar surface area (TPSA) is 126 Å². The molecule has 2 saturated heterocycles. The van der Waals surface area contributed by atoms with E-state index in [-0.39, 0.29) is 37.8 Å². The van der Waals surface area contributed by atoms with Crippen LogP contribution in [0, 0.1) is 0 Å². The van der Waals surface area contributed by atoms with Gasteiger partial charge >= 0.3 is 0 Å². The van der Waals surface area contributed by atoms with Crippen molar-refractivity contribution < 1.29 is 17.9 Å². The Morgan fingerprint density at radius 2 is 1.65 bits per heavy atom. The molecule has 4 aromatic rings. The summed E-state index contributed by atoms with van der Waals surface area (Å²) < 4.78 is 41.3. The van der Waals surface area contributed by atoms with Gasteiger partial charge in [-0.05, 0) is 42.3 Å². The third kappa shape index (κ3) is 7.42. The highest BCUT2D eigenvalue weighted by Gasteiger charge is 2.30. The van der Waals surface area contributed by atoms with E-state index in [1.165, 1.54) is 21.1 Å². The van der Waals surface area contributed by atoms with Gasteiger partial charge in [-0.2, -0.15) is 9.40 Å². The first-order valence-corrected chi connectivity index (χ1v) is 18.5. The van der Waals surface area contributed by atoms with Gasteiger partial charge in [0.1, 0.15) is 29.3 Å². The number of aromatic nitrogens is 4. The summed E-state index contributed by atoms with van der Waals surface area (Å²) in [5.74, 6) is 1.08. The minimum absolute atomic E-state index is 0.00626. The summed E-state index contributed by atoms with van der Waals surface area (Å²) in [6.07, 6.45) is 0.353. The zero-order valence-electron chi connectivity index (χ0n) is 27.4. The molecule has 6 rings (SSSR count). The van der Waals surface area contributed by atoms with Crippen LogP contribution in [0.15, 0.2) is 46.1 Å². The van der Waals surface area contributed by atoms with Crippen molar-refractivity contribution in [1.82, 2.24) is 33.9 Å². The third-order valence-electron chi connectivity index (χ3n) is 8.85. The molecule has 4 heterocycles. The Bertz CT molecular complexity index is 1890. The standard InChI is InChI=1S/C33H41Cl2N7O5S/c1-4-39-9-11-41(12-10-39)48(44,45)25-20-26(34)31(27(35)21-25)42-32-29(30(38-42)22(2)3)33(43)37-28(36-32)19-23-5-7-24(8-6-23)47-18-15-40-13-16-46-17-14-40/h5-8,20-22H,4,9-19H2,1-3H3,(H,36,37,43). The van der Waals surface area contributed by atoms with Crippen molar-refractivity contribution in [3.05, 3.63) is 73.9 Å². The smallest absolute Gasteiger partial charge is 0.262 e. The molecule has 2 aliphatic rings. The van der Waals surface area contributed by atoms with Gasteiger partial charge in [0.15, 0.2) is 5.65 Å². The molecule has 12 nitrogen and oxygen atoms in total. The van der Waals surface area contributed by atoms with E-state index in [0.29, 0.717) is 56.1 Å². The number of rotatable bonds is 11. The maximum absolute atomic E-state index is 13.5. The van der Waals surface area contributed by atoms with Crippen molar-refractivity contribution in [3.8, 4) is 11.4 Å². The largest absolute Gasteiger partial charge is 0.492 e. The van der Waals surface area contributed by atoms with E-state index in [2.05, 4.69) is 21.7 Å². The molecule has 0 aliphatic carbocycles. The van der Waals surface area contributed by atoms with Crippen LogP contribution in [-0.2, 0) is 21.2 Å². The summed E-state index contributed by atoms with van der Waals surface area (Å²) in [6.45, 7) is 13.6. The van der Waals surface area contributed by atoms with Crippen LogP contribution >= 0.6 is 23.2 Å². The lowest BCUT2D eigenvalue weighted by molar-refractivity contribution is 0.0322. The van der Waals surface area contributed by atoms with Crippen LogP contribution < -0.4 is 10.3 Å². The average molecular weight is 719 g/mol. The molecular formula is C33H41Cl2N7O5S. The first kappa shape index (κ1) is 34.8. The van der Waals surface area contributed by atoms with Crippen LogP contribution in [0.4, 0.5) is 0 Å². The highest BCUT2D eigenvalue weighted by molar-refractivity contribution is 7.89. The minimum Gasteiger partial charge on any atom is -0.492 e. The number of aromatic amines is 1. The zero-order valence-corrected chi connectivity index (χ0v) is 29.7. The highest BCUT2D eigenvalue weighted by Crippen LogP contribution is 2.35. The molecule has 258 valence electrons. The summed E-state index contributed by atoms with van der Waals surface area (Å²) in [7, 11) is -3.83. The van der Waals surface area contributed by atoms with Crippen molar-refractivity contribution in [1.29, 1.82) is 0 Å². The molecule has 2 aliphatic heterocycles. The van der Waals surface area contributed by atoms with E-state index >= 15 is 0 Å². The molecule has 48 heavy (non-hydrogen) atoms. The van der Waals surface area contributed by atoms with Gasteiger partial charge < -0.3 is 19.4 Å². The molecule has 2 aromatic carbocycles. The molecule has 1 N–H and O–H groups in total. The molecular weight excluding hydrogens is 677 g/mol. The van der Waals surface area contributed by atoms with Crippen LogP contribution in [0.25, 0.3) is 16.7 Å². The Labute approximate surface area is 290 Å². The number of piperazine rings is 1. The fraction of sp³-hybridized carbons (Fsp3) is 0.485. The van der Waals surface area contributed by atoms with Gasteiger partial charge in [-0.3, -0.25) is 9.69 Å². The summed E-state index contributed by atoms with van der Waals surface area (Å²) in [5.41, 5.74) is 1.67. The van der Waals surface area contributed by atoms with E-state index in [1.54, 1.807) is 0 Å². The second-order valence-electron chi connectivity index (χ2n) is 12.4. The summed E-state index contributed by atoms with van der Waals surface area (Å²) in [4.78, 5) is 25.8. The maximum atomic E-state index is 13.5. The number of fused-ring (bicyclic) bond motifs is 1. The normalized spacial score (nSPS) is 17.0. The predicted molar refractivity (Wildman–Crippen MR) is 186 cm³/mol. The zero-order chi connectivity index (χ0) is 34.0. The van der Waals surface area contributed by atoms with Crippen molar-refractivity contribution in [3.63, 3.8) is 0 Å². The monoisotopic (exact) mass is 717 g/mol. The van der Waals surface area contributed by atoms with Gasteiger partial charge in [-0.1, -0.05) is 56.1 Å². The first-order valence-electron chi connectivity index (χ1n) is 16.3. The molecule has 0 bridgehead atoms. The number of benzene rings is 2. The molecule has 15 heteroatoms. The molecule has 0 spiro atoms. The molecule has 2 aromatic heterocycles. The Balaban J connectivity index is 1.27. The van der Waals surface area contributed by atoms with E-state index in [4.69, 9.17) is 42.8 Å². The number of hydrogen-bond donors (Lipinski definition) is 1. The number of nitrogens with zero attached hydrogens (tertiary/aromatic N) is 6. The van der Waals surface area contributed by atoms with Crippen LogP contribution in [0.3, 0.4) is 0 Å². The Kier molecular flexibility index (Phi) is 10.8. The van der Waals surface area contributed by atoms with Crippen LogP contribution in [0.1, 0.15) is 43.8 Å². The molecule has 0 radical (unpaired) electrons. The number of nitrogens with one attached hydrogen (secondary N) is 1. The van der Waals surface area contributed by atoms with Gasteiger partial charge in [0.05, 0.1) is 33.8 Å². The predicted octanol–water partition coefficient (Wildman–Crippen LogP) is 4.17. The lowest BCUT2D eigenvalue weighted by Gasteiger charge is -2.33. The van der Waals surface area contributed by atoms with Crippen molar-refractivity contribution >= 4 is 44.3 Å². The summed E-state index contributed by atoms with van der Waals surface area (Å²) in [6, 6.07) is 10.5. The average Bonchev–Trinajstić information content (AvgIpc) is 3.45. The van der Waals surface area contributed by atoms with E-state index in [0.717, 1.165) is 50.7 Å². The number of sulfonamides is 1. The molecule has 0 unspecified atom stereocenters. The van der Waals surface area contributed by atoms with E-state index in [9.17, 15) is 13.2 Å². The quantitative estimate of drug-likeness (QED) is 0.243. The van der Waals surface area contributed by atoms with Crippen molar-refractivity contribution in [2.24, 2.45) is 0 Å². The number of morpholine rings is 1. The minimum atomic E-state index is -3.83. The Morgan fingerprint density at radius 3 is 2.27 bits per heavy atom. The maximum Gasteiger partial charge on any atom is 0.262 e. The van der Waals surface area contributed by atoms with E-state index in [1.807, 2.05) is 38.1 Å². The van der Waals surface area contributed by atoms with Gasteiger partial charge in [0.2, 0.25) is 10.0 Å².